The maximum atomic E-state index is 10.7. The molecule has 1 aliphatic rings. The summed E-state index contributed by atoms with van der Waals surface area (Å²) in [6.45, 7) is 4.25. The molecule has 1 saturated heterocycles. The molecular weight excluding hydrogens is 116 g/mol. The van der Waals surface area contributed by atoms with Crippen LogP contribution in [0, 0.1) is 0 Å². The van der Waals surface area contributed by atoms with Gasteiger partial charge in [-0.25, -0.2) is 0 Å². The molecule has 3 heteroatoms. The van der Waals surface area contributed by atoms with Crippen molar-refractivity contribution >= 4 is 5.91 Å². The Kier molecular flexibility index (Phi) is 1.72. The molecule has 1 heterocycles. The molecule has 9 heavy (non-hydrogen) atoms. The smallest absolute Gasteiger partial charge is 0.242 e. The van der Waals surface area contributed by atoms with Gasteiger partial charge in [0.05, 0.1) is 0 Å². The standard InChI is InChI=1S/C6H10N2O/c1-2-7-5-3-4-8-6(5)9/h2,5,7H,1,3-4H2,(H,8,9). The lowest BCUT2D eigenvalue weighted by Crippen LogP contribution is -2.32. The zero-order chi connectivity index (χ0) is 6.69. The van der Waals surface area contributed by atoms with Gasteiger partial charge in [-0.2, -0.15) is 0 Å². The molecule has 1 rings (SSSR count). The van der Waals surface area contributed by atoms with Gasteiger partial charge in [0.25, 0.3) is 0 Å². The Balaban J connectivity index is 2.39. The Labute approximate surface area is 54.1 Å². The highest BCUT2D eigenvalue weighted by Crippen LogP contribution is 1.97. The summed E-state index contributed by atoms with van der Waals surface area (Å²) in [6, 6.07) is -0.0394. The quantitative estimate of drug-likeness (QED) is 0.529. The maximum absolute atomic E-state index is 10.7. The fraction of sp³-hybridized carbons (Fsp3) is 0.500. The first-order valence-electron chi connectivity index (χ1n) is 2.99. The molecular formula is C6H10N2O. The van der Waals surface area contributed by atoms with Crippen LogP contribution >= 0.6 is 0 Å². The summed E-state index contributed by atoms with van der Waals surface area (Å²) >= 11 is 0. The Morgan fingerprint density at radius 3 is 3.11 bits per heavy atom. The molecule has 0 spiro atoms. The van der Waals surface area contributed by atoms with Crippen molar-refractivity contribution in [3.05, 3.63) is 12.8 Å². The number of carbonyl (C=O) groups is 1. The second-order valence-electron chi connectivity index (χ2n) is 2.00. The Morgan fingerprint density at radius 2 is 2.67 bits per heavy atom. The van der Waals surface area contributed by atoms with Gasteiger partial charge in [-0.1, -0.05) is 6.58 Å². The van der Waals surface area contributed by atoms with Gasteiger partial charge in [0.2, 0.25) is 5.91 Å². The van der Waals surface area contributed by atoms with Gasteiger partial charge in [-0.05, 0) is 12.6 Å². The minimum atomic E-state index is -0.0394. The van der Waals surface area contributed by atoms with Crippen molar-refractivity contribution in [1.29, 1.82) is 0 Å². The average molecular weight is 126 g/mol. The first-order chi connectivity index (χ1) is 4.34. The fourth-order valence-electron chi connectivity index (χ4n) is 0.895. The molecule has 0 bridgehead atoms. The van der Waals surface area contributed by atoms with Gasteiger partial charge in [0, 0.05) is 6.54 Å². The second-order valence-corrected chi connectivity index (χ2v) is 2.00. The summed E-state index contributed by atoms with van der Waals surface area (Å²) in [5.74, 6) is 0.0786. The molecule has 50 valence electrons. The van der Waals surface area contributed by atoms with Gasteiger partial charge < -0.3 is 10.6 Å². The summed E-state index contributed by atoms with van der Waals surface area (Å²) in [5, 5.41) is 5.55. The van der Waals surface area contributed by atoms with Crippen molar-refractivity contribution in [2.24, 2.45) is 0 Å². The van der Waals surface area contributed by atoms with Crippen molar-refractivity contribution in [2.75, 3.05) is 6.54 Å². The average Bonchev–Trinajstić information content (AvgIpc) is 2.18. The summed E-state index contributed by atoms with van der Waals surface area (Å²) < 4.78 is 0. The summed E-state index contributed by atoms with van der Waals surface area (Å²) in [5.41, 5.74) is 0. The molecule has 1 fully saturated rings. The van der Waals surface area contributed by atoms with Crippen molar-refractivity contribution < 1.29 is 4.79 Å². The van der Waals surface area contributed by atoms with E-state index in [1.807, 2.05) is 0 Å². The van der Waals surface area contributed by atoms with Crippen LogP contribution in [0.5, 0.6) is 0 Å². The van der Waals surface area contributed by atoms with Crippen LogP contribution in [0.4, 0.5) is 0 Å². The number of hydrogen-bond acceptors (Lipinski definition) is 2. The highest BCUT2D eigenvalue weighted by molar-refractivity contribution is 5.83. The van der Waals surface area contributed by atoms with E-state index >= 15 is 0 Å². The highest BCUT2D eigenvalue weighted by atomic mass is 16.2. The maximum Gasteiger partial charge on any atom is 0.242 e. The predicted octanol–water partition coefficient (Wildman–Crippen LogP) is -0.392. The van der Waals surface area contributed by atoms with Crippen LogP contribution in [-0.4, -0.2) is 18.5 Å². The van der Waals surface area contributed by atoms with Crippen molar-refractivity contribution in [1.82, 2.24) is 10.6 Å². The molecule has 1 aliphatic heterocycles. The van der Waals surface area contributed by atoms with E-state index in [4.69, 9.17) is 0 Å². The molecule has 1 amide bonds. The van der Waals surface area contributed by atoms with Crippen LogP contribution in [0.1, 0.15) is 6.42 Å². The molecule has 0 aliphatic carbocycles. The SMILES string of the molecule is C=CNC1CCNC1=O. The fourth-order valence-corrected chi connectivity index (χ4v) is 0.895. The van der Waals surface area contributed by atoms with Gasteiger partial charge in [-0.15, -0.1) is 0 Å². The van der Waals surface area contributed by atoms with Crippen LogP contribution < -0.4 is 10.6 Å². The van der Waals surface area contributed by atoms with Crippen LogP contribution in [0.2, 0.25) is 0 Å². The lowest BCUT2D eigenvalue weighted by atomic mass is 10.2. The molecule has 1 unspecified atom stereocenters. The van der Waals surface area contributed by atoms with Crippen molar-refractivity contribution in [2.45, 2.75) is 12.5 Å². The van der Waals surface area contributed by atoms with E-state index in [-0.39, 0.29) is 11.9 Å². The molecule has 2 N–H and O–H groups in total. The third kappa shape index (κ3) is 1.22. The lowest BCUT2D eigenvalue weighted by molar-refractivity contribution is -0.120. The number of amides is 1. The van der Waals surface area contributed by atoms with E-state index in [0.717, 1.165) is 13.0 Å². The van der Waals surface area contributed by atoms with E-state index in [9.17, 15) is 4.79 Å². The normalized spacial score (nSPS) is 25.3. The van der Waals surface area contributed by atoms with Gasteiger partial charge in [0.15, 0.2) is 0 Å². The van der Waals surface area contributed by atoms with Gasteiger partial charge >= 0.3 is 0 Å². The van der Waals surface area contributed by atoms with Crippen LogP contribution in [0.25, 0.3) is 0 Å². The minimum absolute atomic E-state index is 0.0394. The van der Waals surface area contributed by atoms with Crippen LogP contribution in [0.15, 0.2) is 12.8 Å². The van der Waals surface area contributed by atoms with Crippen LogP contribution in [0.3, 0.4) is 0 Å². The first kappa shape index (κ1) is 6.13. The Morgan fingerprint density at radius 1 is 1.89 bits per heavy atom. The topological polar surface area (TPSA) is 41.1 Å². The third-order valence-electron chi connectivity index (χ3n) is 1.37. The minimum Gasteiger partial charge on any atom is -0.380 e. The Bertz CT molecular complexity index is 133. The van der Waals surface area contributed by atoms with E-state index in [0.29, 0.717) is 0 Å². The molecule has 1 atom stereocenters. The number of hydrogen-bond donors (Lipinski definition) is 2. The van der Waals surface area contributed by atoms with Crippen LogP contribution in [-0.2, 0) is 4.79 Å². The third-order valence-corrected chi connectivity index (χ3v) is 1.37. The molecule has 0 aromatic carbocycles. The molecule has 0 saturated carbocycles. The molecule has 0 aromatic rings. The molecule has 0 aromatic heterocycles. The molecule has 0 radical (unpaired) electrons. The van der Waals surface area contributed by atoms with E-state index < -0.39 is 0 Å². The van der Waals surface area contributed by atoms with E-state index in [1.165, 1.54) is 0 Å². The van der Waals surface area contributed by atoms with E-state index in [2.05, 4.69) is 17.2 Å². The Hall–Kier alpha value is -0.990. The summed E-state index contributed by atoms with van der Waals surface area (Å²) in [4.78, 5) is 10.7. The van der Waals surface area contributed by atoms with Gasteiger partial charge in [-0.3, -0.25) is 4.79 Å². The zero-order valence-electron chi connectivity index (χ0n) is 5.18. The largest absolute Gasteiger partial charge is 0.380 e. The summed E-state index contributed by atoms with van der Waals surface area (Å²) in [6.07, 6.45) is 2.42. The zero-order valence-corrected chi connectivity index (χ0v) is 5.18. The van der Waals surface area contributed by atoms with E-state index in [1.54, 1.807) is 6.20 Å². The summed E-state index contributed by atoms with van der Waals surface area (Å²) in [7, 11) is 0. The highest BCUT2D eigenvalue weighted by Gasteiger charge is 2.21. The van der Waals surface area contributed by atoms with Gasteiger partial charge in [0.1, 0.15) is 6.04 Å². The second kappa shape index (κ2) is 2.53. The lowest BCUT2D eigenvalue weighted by Gasteiger charge is -2.03. The number of nitrogens with one attached hydrogen (secondary N) is 2. The number of rotatable bonds is 2. The number of carbonyl (C=O) groups excluding carboxylic acids is 1. The monoisotopic (exact) mass is 126 g/mol. The van der Waals surface area contributed by atoms with Crippen molar-refractivity contribution in [3.63, 3.8) is 0 Å². The predicted molar refractivity (Wildman–Crippen MR) is 34.7 cm³/mol. The van der Waals surface area contributed by atoms with Crippen molar-refractivity contribution in [3.8, 4) is 0 Å². The molecule has 3 nitrogen and oxygen atoms in total. The first-order valence-corrected chi connectivity index (χ1v) is 2.99.